The number of fused-ring (bicyclic) bond motifs is 3. The number of hydrogen-bond donors (Lipinski definition) is 0. The van der Waals surface area contributed by atoms with Gasteiger partial charge in [-0.25, -0.2) is 4.98 Å². The number of nitrogens with zero attached hydrogens (tertiary/aromatic N) is 2. The summed E-state index contributed by atoms with van der Waals surface area (Å²) < 4.78 is 2.28. The number of para-hydroxylation sites is 2. The predicted octanol–water partition coefficient (Wildman–Crippen LogP) is 12.2. The van der Waals surface area contributed by atoms with Crippen molar-refractivity contribution >= 4 is 32.6 Å². The molecule has 1 heterocycles. The molecule has 1 aromatic heterocycles. The maximum atomic E-state index is 5.07. The first-order valence-corrected chi connectivity index (χ1v) is 16.8. The Morgan fingerprint density at radius 1 is 0.500 bits per heavy atom. The van der Waals surface area contributed by atoms with Crippen LogP contribution in [0.1, 0.15) is 18.4 Å². The van der Waals surface area contributed by atoms with E-state index < -0.39 is 0 Å². The Labute approximate surface area is 281 Å². The summed E-state index contributed by atoms with van der Waals surface area (Å²) in [5, 5.41) is 5.20. The third-order valence-electron chi connectivity index (χ3n) is 9.92. The van der Waals surface area contributed by atoms with Crippen LogP contribution in [0.15, 0.2) is 176 Å². The highest BCUT2D eigenvalue weighted by Gasteiger charge is 2.24. The van der Waals surface area contributed by atoms with Crippen molar-refractivity contribution < 1.29 is 0 Å². The molecule has 1 aliphatic rings. The van der Waals surface area contributed by atoms with Gasteiger partial charge in [-0.1, -0.05) is 153 Å². The molecule has 2 nitrogen and oxygen atoms in total. The van der Waals surface area contributed by atoms with Crippen LogP contribution < -0.4 is 0 Å². The smallest absolute Gasteiger partial charge is 0.145 e. The Morgan fingerprint density at radius 3 is 1.90 bits per heavy atom. The Hall–Kier alpha value is -5.99. The van der Waals surface area contributed by atoms with Crippen LogP contribution in [0.3, 0.4) is 0 Å². The summed E-state index contributed by atoms with van der Waals surface area (Å²) in [4.78, 5) is 5.07. The summed E-state index contributed by atoms with van der Waals surface area (Å²) in [5.74, 6) is 1.65. The van der Waals surface area contributed by atoms with Gasteiger partial charge in [-0.05, 0) is 85.6 Å². The molecule has 0 spiro atoms. The fourth-order valence-electron chi connectivity index (χ4n) is 7.62. The van der Waals surface area contributed by atoms with Crippen LogP contribution in [-0.4, -0.2) is 9.55 Å². The van der Waals surface area contributed by atoms with Gasteiger partial charge in [-0.15, -0.1) is 0 Å². The SMILES string of the molecule is CC1C=CC=CC1c1c2ccccc2c(-c2ccc(-n3c(-c4ccccc4)nc4ccccc43)cc2)c2cc(-c3ccccc3)ccc12. The second kappa shape index (κ2) is 11.7. The second-order valence-electron chi connectivity index (χ2n) is 12.8. The van der Waals surface area contributed by atoms with E-state index in [4.69, 9.17) is 4.98 Å². The zero-order chi connectivity index (χ0) is 32.0. The molecule has 0 saturated heterocycles. The minimum Gasteiger partial charge on any atom is -0.292 e. The Balaban J connectivity index is 1.29. The lowest BCUT2D eigenvalue weighted by atomic mass is 9.77. The standard InChI is InChI=1S/C46H34N2/c1-31-14-8-9-19-37(31)45-39-21-11-10-20-38(39)44(41-30-35(26-29-40(41)45)32-15-4-2-5-16-32)33-24-27-36(28-25-33)48-43-23-13-12-22-42(43)47-46(48)34-17-6-3-7-18-34/h2-31,37H,1H3. The highest BCUT2D eigenvalue weighted by atomic mass is 15.1. The summed E-state index contributed by atoms with van der Waals surface area (Å²) in [5.41, 5.74) is 10.6. The number of imidazole rings is 1. The van der Waals surface area contributed by atoms with Gasteiger partial charge in [0.1, 0.15) is 5.82 Å². The Bertz CT molecular complexity index is 2500. The molecule has 0 saturated carbocycles. The first-order chi connectivity index (χ1) is 23.7. The van der Waals surface area contributed by atoms with Crippen molar-refractivity contribution in [1.82, 2.24) is 9.55 Å². The maximum Gasteiger partial charge on any atom is 0.145 e. The van der Waals surface area contributed by atoms with Crippen molar-refractivity contribution in [2.24, 2.45) is 5.92 Å². The average molecular weight is 615 g/mol. The molecular formula is C46H34N2. The highest BCUT2D eigenvalue weighted by Crippen LogP contribution is 2.46. The Kier molecular flexibility index (Phi) is 6.87. The molecule has 8 aromatic rings. The minimum atomic E-state index is 0.298. The van der Waals surface area contributed by atoms with E-state index >= 15 is 0 Å². The molecule has 0 amide bonds. The lowest BCUT2D eigenvalue weighted by Crippen LogP contribution is -2.09. The molecule has 2 heteroatoms. The van der Waals surface area contributed by atoms with Crippen LogP contribution in [0.2, 0.25) is 0 Å². The molecular weight excluding hydrogens is 581 g/mol. The first kappa shape index (κ1) is 28.3. The second-order valence-corrected chi connectivity index (χ2v) is 12.8. The van der Waals surface area contributed by atoms with Crippen molar-refractivity contribution in [3.8, 4) is 39.3 Å². The molecule has 48 heavy (non-hydrogen) atoms. The third kappa shape index (κ3) is 4.68. The quantitative estimate of drug-likeness (QED) is 0.176. The number of benzene rings is 7. The van der Waals surface area contributed by atoms with E-state index in [-0.39, 0.29) is 0 Å². The van der Waals surface area contributed by atoms with Gasteiger partial charge in [0.2, 0.25) is 0 Å². The van der Waals surface area contributed by atoms with Crippen molar-refractivity contribution in [2.45, 2.75) is 12.8 Å². The highest BCUT2D eigenvalue weighted by molar-refractivity contribution is 6.16. The number of allylic oxidation sites excluding steroid dienone is 4. The molecule has 0 radical (unpaired) electrons. The normalized spacial score (nSPS) is 15.9. The summed E-state index contributed by atoms with van der Waals surface area (Å²) in [6.07, 6.45) is 9.10. The molecule has 7 aromatic carbocycles. The molecule has 9 rings (SSSR count). The van der Waals surface area contributed by atoms with Crippen molar-refractivity contribution in [3.05, 3.63) is 182 Å². The van der Waals surface area contributed by atoms with E-state index in [1.807, 2.05) is 0 Å². The van der Waals surface area contributed by atoms with Gasteiger partial charge in [0.05, 0.1) is 11.0 Å². The molecule has 1 aliphatic carbocycles. The summed E-state index contributed by atoms with van der Waals surface area (Å²) >= 11 is 0. The van der Waals surface area contributed by atoms with E-state index in [1.54, 1.807) is 0 Å². The topological polar surface area (TPSA) is 17.8 Å². The molecule has 2 unspecified atom stereocenters. The number of rotatable bonds is 5. The largest absolute Gasteiger partial charge is 0.292 e. The van der Waals surface area contributed by atoms with E-state index in [0.29, 0.717) is 11.8 Å². The first-order valence-electron chi connectivity index (χ1n) is 16.8. The summed E-state index contributed by atoms with van der Waals surface area (Å²) in [6.45, 7) is 2.33. The number of hydrogen-bond acceptors (Lipinski definition) is 1. The zero-order valence-electron chi connectivity index (χ0n) is 26.8. The minimum absolute atomic E-state index is 0.298. The molecule has 228 valence electrons. The maximum absolute atomic E-state index is 5.07. The van der Waals surface area contributed by atoms with Crippen LogP contribution in [0, 0.1) is 5.92 Å². The van der Waals surface area contributed by atoms with Crippen LogP contribution in [0.5, 0.6) is 0 Å². The molecule has 0 bridgehead atoms. The zero-order valence-corrected chi connectivity index (χ0v) is 26.8. The third-order valence-corrected chi connectivity index (χ3v) is 9.92. The lowest BCUT2D eigenvalue weighted by Gasteiger charge is -2.26. The van der Waals surface area contributed by atoms with Gasteiger partial charge < -0.3 is 0 Å². The summed E-state index contributed by atoms with van der Waals surface area (Å²) in [7, 11) is 0. The van der Waals surface area contributed by atoms with Gasteiger partial charge in [0.15, 0.2) is 0 Å². The summed E-state index contributed by atoms with van der Waals surface area (Å²) in [6, 6.07) is 54.7. The van der Waals surface area contributed by atoms with Gasteiger partial charge >= 0.3 is 0 Å². The van der Waals surface area contributed by atoms with Gasteiger partial charge in [0.25, 0.3) is 0 Å². The van der Waals surface area contributed by atoms with E-state index in [1.165, 1.54) is 49.4 Å². The van der Waals surface area contributed by atoms with Gasteiger partial charge in [-0.3, -0.25) is 4.57 Å². The average Bonchev–Trinajstić information content (AvgIpc) is 3.55. The molecule has 0 fully saturated rings. The molecule has 0 N–H and O–H groups in total. The van der Waals surface area contributed by atoms with Gasteiger partial charge in [-0.2, -0.15) is 0 Å². The fourth-order valence-corrected chi connectivity index (χ4v) is 7.62. The van der Waals surface area contributed by atoms with Crippen LogP contribution >= 0.6 is 0 Å². The van der Waals surface area contributed by atoms with E-state index in [9.17, 15) is 0 Å². The number of aromatic nitrogens is 2. The fraction of sp³-hybridized carbons (Fsp3) is 0.0652. The molecule has 0 aliphatic heterocycles. The van der Waals surface area contributed by atoms with Gasteiger partial charge in [0, 0.05) is 17.2 Å². The lowest BCUT2D eigenvalue weighted by molar-refractivity contribution is 0.643. The monoisotopic (exact) mass is 614 g/mol. The Morgan fingerprint density at radius 2 is 1.12 bits per heavy atom. The van der Waals surface area contributed by atoms with E-state index in [0.717, 1.165) is 28.1 Å². The molecule has 2 atom stereocenters. The van der Waals surface area contributed by atoms with Crippen molar-refractivity contribution in [1.29, 1.82) is 0 Å². The van der Waals surface area contributed by atoms with Crippen LogP contribution in [0.4, 0.5) is 0 Å². The predicted molar refractivity (Wildman–Crippen MR) is 203 cm³/mol. The van der Waals surface area contributed by atoms with Crippen LogP contribution in [-0.2, 0) is 0 Å². The van der Waals surface area contributed by atoms with Crippen molar-refractivity contribution in [3.63, 3.8) is 0 Å². The van der Waals surface area contributed by atoms with Crippen molar-refractivity contribution in [2.75, 3.05) is 0 Å². The van der Waals surface area contributed by atoms with E-state index in [2.05, 4.69) is 187 Å². The van der Waals surface area contributed by atoms with Crippen LogP contribution in [0.25, 0.3) is 71.9 Å².